The Morgan fingerprint density at radius 1 is 1.71 bits per heavy atom. The third-order valence-electron chi connectivity index (χ3n) is 3.48. The maximum atomic E-state index is 12.5. The number of carbonyl (C=O) groups excluding carboxylic acids is 1. The van der Waals surface area contributed by atoms with Gasteiger partial charge in [0.15, 0.2) is 5.84 Å². The van der Waals surface area contributed by atoms with Crippen molar-refractivity contribution in [2.24, 2.45) is 16.3 Å². The summed E-state index contributed by atoms with van der Waals surface area (Å²) in [6.07, 6.45) is 0.492. The highest BCUT2D eigenvalue weighted by molar-refractivity contribution is 6.06. The first-order chi connectivity index (χ1) is 7.97. The van der Waals surface area contributed by atoms with E-state index in [1.54, 1.807) is 11.8 Å². The number of amides is 1. The Labute approximate surface area is 101 Å². The fourth-order valence-electron chi connectivity index (χ4n) is 1.90. The van der Waals surface area contributed by atoms with Crippen LogP contribution in [0.15, 0.2) is 5.16 Å². The van der Waals surface area contributed by atoms with Gasteiger partial charge in [-0.1, -0.05) is 12.1 Å². The van der Waals surface area contributed by atoms with Crippen LogP contribution in [0, 0.1) is 5.41 Å². The molecule has 1 amide bonds. The number of morpholine rings is 1. The van der Waals surface area contributed by atoms with Crippen molar-refractivity contribution in [3.8, 4) is 0 Å². The number of rotatable bonds is 3. The van der Waals surface area contributed by atoms with Crippen molar-refractivity contribution in [1.29, 1.82) is 0 Å². The zero-order valence-electron chi connectivity index (χ0n) is 10.6. The predicted octanol–water partition coefficient (Wildman–Crippen LogP) is 0.396. The molecule has 6 heteroatoms. The lowest BCUT2D eigenvalue weighted by molar-refractivity contribution is -0.146. The third kappa shape index (κ3) is 2.52. The number of amidine groups is 1. The molecule has 0 aromatic heterocycles. The van der Waals surface area contributed by atoms with E-state index in [-0.39, 0.29) is 17.8 Å². The summed E-state index contributed by atoms with van der Waals surface area (Å²) in [5.74, 6) is -0.144. The standard InChI is InChI=1S/C11H21N3O3/c1-4-11(3,9(12)13-16)10(15)14-5-6-17-7-8(14)2/h8,16H,4-7H2,1-3H3,(H2,12,13). The van der Waals surface area contributed by atoms with Crippen molar-refractivity contribution >= 4 is 11.7 Å². The van der Waals surface area contributed by atoms with E-state index in [0.717, 1.165) is 0 Å². The van der Waals surface area contributed by atoms with Crippen LogP contribution in [0.2, 0.25) is 0 Å². The maximum absolute atomic E-state index is 12.5. The first-order valence-electron chi connectivity index (χ1n) is 5.84. The molecule has 1 aliphatic rings. The average Bonchev–Trinajstić information content (AvgIpc) is 2.36. The van der Waals surface area contributed by atoms with E-state index in [4.69, 9.17) is 15.7 Å². The Bertz CT molecular complexity index is 319. The number of carbonyl (C=O) groups is 1. The van der Waals surface area contributed by atoms with Gasteiger partial charge < -0.3 is 20.6 Å². The molecular formula is C11H21N3O3. The Balaban J connectivity index is 2.92. The summed E-state index contributed by atoms with van der Waals surface area (Å²) in [5.41, 5.74) is 4.69. The Hall–Kier alpha value is -1.30. The second kappa shape index (κ2) is 5.35. The van der Waals surface area contributed by atoms with E-state index in [1.807, 2.05) is 13.8 Å². The smallest absolute Gasteiger partial charge is 0.236 e. The summed E-state index contributed by atoms with van der Waals surface area (Å²) >= 11 is 0. The largest absolute Gasteiger partial charge is 0.409 e. The first-order valence-corrected chi connectivity index (χ1v) is 5.84. The molecule has 0 aliphatic carbocycles. The molecular weight excluding hydrogens is 222 g/mol. The molecule has 0 bridgehead atoms. The van der Waals surface area contributed by atoms with Crippen LogP contribution in [-0.4, -0.2) is 47.7 Å². The second-order valence-electron chi connectivity index (χ2n) is 4.59. The minimum Gasteiger partial charge on any atom is -0.409 e. The van der Waals surface area contributed by atoms with Gasteiger partial charge in [-0.05, 0) is 20.3 Å². The molecule has 1 fully saturated rings. The molecule has 0 saturated carbocycles. The topological polar surface area (TPSA) is 88.2 Å². The van der Waals surface area contributed by atoms with Gasteiger partial charge in [0, 0.05) is 6.54 Å². The lowest BCUT2D eigenvalue weighted by Crippen LogP contribution is -2.55. The van der Waals surface area contributed by atoms with Crippen molar-refractivity contribution in [2.45, 2.75) is 33.2 Å². The summed E-state index contributed by atoms with van der Waals surface area (Å²) in [4.78, 5) is 14.2. The zero-order valence-corrected chi connectivity index (χ0v) is 10.6. The summed E-state index contributed by atoms with van der Waals surface area (Å²) in [7, 11) is 0. The highest BCUT2D eigenvalue weighted by Crippen LogP contribution is 2.26. The highest BCUT2D eigenvalue weighted by Gasteiger charge is 2.41. The number of hydrogen-bond donors (Lipinski definition) is 2. The minimum absolute atomic E-state index is 0.0219. The molecule has 0 aromatic carbocycles. The molecule has 2 atom stereocenters. The van der Waals surface area contributed by atoms with Gasteiger partial charge >= 0.3 is 0 Å². The molecule has 1 heterocycles. The summed E-state index contributed by atoms with van der Waals surface area (Å²) in [6, 6.07) is 0.0219. The molecule has 2 unspecified atom stereocenters. The fourth-order valence-corrected chi connectivity index (χ4v) is 1.90. The van der Waals surface area contributed by atoms with Gasteiger partial charge in [-0.2, -0.15) is 0 Å². The van der Waals surface area contributed by atoms with Gasteiger partial charge in [0.25, 0.3) is 0 Å². The average molecular weight is 243 g/mol. The van der Waals surface area contributed by atoms with Gasteiger partial charge in [0.1, 0.15) is 5.41 Å². The first kappa shape index (κ1) is 13.8. The van der Waals surface area contributed by atoms with E-state index in [2.05, 4.69) is 5.16 Å². The number of hydrogen-bond acceptors (Lipinski definition) is 4. The number of nitrogens with two attached hydrogens (primary N) is 1. The van der Waals surface area contributed by atoms with Gasteiger partial charge in [0.2, 0.25) is 5.91 Å². The molecule has 0 spiro atoms. The highest BCUT2D eigenvalue weighted by atomic mass is 16.5. The third-order valence-corrected chi connectivity index (χ3v) is 3.48. The van der Waals surface area contributed by atoms with E-state index in [1.165, 1.54) is 0 Å². The van der Waals surface area contributed by atoms with Gasteiger partial charge in [0.05, 0.1) is 19.3 Å². The second-order valence-corrected chi connectivity index (χ2v) is 4.59. The van der Waals surface area contributed by atoms with Crippen LogP contribution < -0.4 is 5.73 Å². The van der Waals surface area contributed by atoms with Crippen LogP contribution in [-0.2, 0) is 9.53 Å². The van der Waals surface area contributed by atoms with Crippen LogP contribution in [0.1, 0.15) is 27.2 Å². The lowest BCUT2D eigenvalue weighted by atomic mass is 9.84. The van der Waals surface area contributed by atoms with Crippen LogP contribution in [0.4, 0.5) is 0 Å². The minimum atomic E-state index is -0.944. The molecule has 0 radical (unpaired) electrons. The fraction of sp³-hybridized carbons (Fsp3) is 0.818. The molecule has 1 aliphatic heterocycles. The zero-order chi connectivity index (χ0) is 13.1. The van der Waals surface area contributed by atoms with Gasteiger partial charge in [-0.3, -0.25) is 4.79 Å². The summed E-state index contributed by atoms with van der Waals surface area (Å²) in [6.45, 7) is 7.09. The van der Waals surface area contributed by atoms with Crippen LogP contribution >= 0.6 is 0 Å². The van der Waals surface area contributed by atoms with Crippen LogP contribution in [0.25, 0.3) is 0 Å². The van der Waals surface area contributed by atoms with Crippen molar-refractivity contribution in [1.82, 2.24) is 4.90 Å². The monoisotopic (exact) mass is 243 g/mol. The number of nitrogens with zero attached hydrogens (tertiary/aromatic N) is 2. The predicted molar refractivity (Wildman–Crippen MR) is 63.8 cm³/mol. The Morgan fingerprint density at radius 3 is 2.82 bits per heavy atom. The molecule has 1 saturated heterocycles. The summed E-state index contributed by atoms with van der Waals surface area (Å²) in [5, 5.41) is 11.8. The van der Waals surface area contributed by atoms with Crippen molar-refractivity contribution < 1.29 is 14.7 Å². The maximum Gasteiger partial charge on any atom is 0.236 e. The quantitative estimate of drug-likeness (QED) is 0.325. The van der Waals surface area contributed by atoms with E-state index >= 15 is 0 Å². The number of oxime groups is 1. The van der Waals surface area contributed by atoms with Crippen LogP contribution in [0.3, 0.4) is 0 Å². The molecule has 98 valence electrons. The summed E-state index contributed by atoms with van der Waals surface area (Å²) < 4.78 is 5.29. The van der Waals surface area contributed by atoms with Crippen molar-refractivity contribution in [3.63, 3.8) is 0 Å². The van der Waals surface area contributed by atoms with Crippen LogP contribution in [0.5, 0.6) is 0 Å². The lowest BCUT2D eigenvalue weighted by Gasteiger charge is -2.39. The SMILES string of the molecule is CCC(C)(C(=O)N1CCOCC1C)C(N)=NO. The van der Waals surface area contributed by atoms with E-state index < -0.39 is 5.41 Å². The van der Waals surface area contributed by atoms with E-state index in [0.29, 0.717) is 26.2 Å². The van der Waals surface area contributed by atoms with E-state index in [9.17, 15) is 4.79 Å². The van der Waals surface area contributed by atoms with Gasteiger partial charge in [-0.25, -0.2) is 0 Å². The molecule has 3 N–H and O–H groups in total. The van der Waals surface area contributed by atoms with Gasteiger partial charge in [-0.15, -0.1) is 0 Å². The normalized spacial score (nSPS) is 25.5. The Kier molecular flexibility index (Phi) is 4.34. The molecule has 17 heavy (non-hydrogen) atoms. The molecule has 6 nitrogen and oxygen atoms in total. The molecule has 0 aromatic rings. The Morgan fingerprint density at radius 2 is 2.35 bits per heavy atom. The van der Waals surface area contributed by atoms with Crippen molar-refractivity contribution in [3.05, 3.63) is 0 Å². The molecule has 1 rings (SSSR count). The van der Waals surface area contributed by atoms with Crippen molar-refractivity contribution in [2.75, 3.05) is 19.8 Å². The number of ether oxygens (including phenoxy) is 1.